The molecule has 1 N–H and O–H groups in total. The van der Waals surface area contributed by atoms with E-state index in [0.29, 0.717) is 18.7 Å². The highest BCUT2D eigenvalue weighted by atomic mass is 19.1. The molecule has 25 heavy (non-hydrogen) atoms. The number of para-hydroxylation sites is 1. The number of carbonyl (C=O) groups is 2. The fraction of sp³-hybridized carbons (Fsp3) is 0.300. The molecular formula is C20H21FN2O2. The van der Waals surface area contributed by atoms with Crippen LogP contribution >= 0.6 is 0 Å². The minimum atomic E-state index is -0.369. The molecule has 0 aliphatic carbocycles. The molecule has 5 heteroatoms. The van der Waals surface area contributed by atoms with Crippen LogP contribution in [0.1, 0.15) is 18.4 Å². The van der Waals surface area contributed by atoms with Gasteiger partial charge in [-0.05, 0) is 36.6 Å². The van der Waals surface area contributed by atoms with Gasteiger partial charge in [-0.2, -0.15) is 0 Å². The van der Waals surface area contributed by atoms with Crippen molar-refractivity contribution in [2.24, 2.45) is 5.92 Å². The number of benzene rings is 2. The van der Waals surface area contributed by atoms with Crippen molar-refractivity contribution in [1.82, 2.24) is 4.90 Å². The smallest absolute Gasteiger partial charge is 0.229 e. The van der Waals surface area contributed by atoms with Crippen LogP contribution < -0.4 is 5.32 Å². The standard InChI is InChI=1S/C20H21FN2O2/c21-18-11-5-4-7-15(18)13-19(24)23-12-6-8-16(14-23)20(25)22-17-9-2-1-3-10-17/h1-5,7,9-11,16H,6,8,12-14H2,(H,22,25)/t16-/m0/s1. The van der Waals surface area contributed by atoms with Crippen molar-refractivity contribution >= 4 is 17.5 Å². The van der Waals surface area contributed by atoms with Gasteiger partial charge in [-0.15, -0.1) is 0 Å². The molecule has 0 saturated carbocycles. The predicted octanol–water partition coefficient (Wildman–Crippen LogP) is 3.25. The Balaban J connectivity index is 1.59. The summed E-state index contributed by atoms with van der Waals surface area (Å²) < 4.78 is 13.7. The number of anilines is 1. The molecule has 1 saturated heterocycles. The normalized spacial score (nSPS) is 17.2. The number of halogens is 1. The van der Waals surface area contributed by atoms with Crippen LogP contribution in [0, 0.1) is 11.7 Å². The van der Waals surface area contributed by atoms with E-state index in [1.165, 1.54) is 6.07 Å². The average Bonchev–Trinajstić information content (AvgIpc) is 2.64. The van der Waals surface area contributed by atoms with E-state index in [4.69, 9.17) is 0 Å². The largest absolute Gasteiger partial charge is 0.342 e. The molecule has 1 atom stereocenters. The molecule has 1 aliphatic rings. The highest BCUT2D eigenvalue weighted by molar-refractivity contribution is 5.93. The van der Waals surface area contributed by atoms with Crippen LogP contribution in [0.3, 0.4) is 0 Å². The van der Waals surface area contributed by atoms with Crippen molar-refractivity contribution < 1.29 is 14.0 Å². The SMILES string of the molecule is O=C(Nc1ccccc1)[C@H]1CCCN(C(=O)Cc2ccccc2F)C1. The molecule has 2 aromatic rings. The Morgan fingerprint density at radius 1 is 1.08 bits per heavy atom. The summed E-state index contributed by atoms with van der Waals surface area (Å²) in [6.45, 7) is 0.994. The van der Waals surface area contributed by atoms with Crippen LogP contribution in [0.2, 0.25) is 0 Å². The third kappa shape index (κ3) is 4.44. The van der Waals surface area contributed by atoms with Crippen LogP contribution in [0.5, 0.6) is 0 Å². The molecule has 1 fully saturated rings. The van der Waals surface area contributed by atoms with Crippen LogP contribution in [0.15, 0.2) is 54.6 Å². The Kier molecular flexibility index (Phi) is 5.43. The zero-order valence-electron chi connectivity index (χ0n) is 14.0. The number of nitrogens with zero attached hydrogens (tertiary/aromatic N) is 1. The van der Waals surface area contributed by atoms with E-state index in [0.717, 1.165) is 18.5 Å². The summed E-state index contributed by atoms with van der Waals surface area (Å²) in [5, 5.41) is 2.89. The highest BCUT2D eigenvalue weighted by Gasteiger charge is 2.28. The second-order valence-electron chi connectivity index (χ2n) is 6.30. The first-order valence-corrected chi connectivity index (χ1v) is 8.50. The molecule has 130 valence electrons. The lowest BCUT2D eigenvalue weighted by Gasteiger charge is -2.32. The number of rotatable bonds is 4. The zero-order valence-corrected chi connectivity index (χ0v) is 14.0. The van der Waals surface area contributed by atoms with Gasteiger partial charge in [-0.25, -0.2) is 4.39 Å². The van der Waals surface area contributed by atoms with Gasteiger partial charge in [-0.1, -0.05) is 36.4 Å². The maximum Gasteiger partial charge on any atom is 0.229 e. The maximum atomic E-state index is 13.7. The average molecular weight is 340 g/mol. The molecular weight excluding hydrogens is 319 g/mol. The van der Waals surface area contributed by atoms with E-state index in [1.807, 2.05) is 30.3 Å². The number of likely N-dealkylation sites (tertiary alicyclic amines) is 1. The van der Waals surface area contributed by atoms with E-state index in [2.05, 4.69) is 5.32 Å². The van der Waals surface area contributed by atoms with Crippen LogP contribution in [0.25, 0.3) is 0 Å². The quantitative estimate of drug-likeness (QED) is 0.929. The van der Waals surface area contributed by atoms with Crippen LogP contribution in [-0.2, 0) is 16.0 Å². The Morgan fingerprint density at radius 3 is 2.56 bits per heavy atom. The molecule has 0 bridgehead atoms. The number of piperidine rings is 1. The molecule has 2 aromatic carbocycles. The van der Waals surface area contributed by atoms with Gasteiger partial charge in [0, 0.05) is 18.8 Å². The molecule has 0 unspecified atom stereocenters. The topological polar surface area (TPSA) is 49.4 Å². The zero-order chi connectivity index (χ0) is 17.6. The van der Waals surface area contributed by atoms with Gasteiger partial charge >= 0.3 is 0 Å². The highest BCUT2D eigenvalue weighted by Crippen LogP contribution is 2.20. The van der Waals surface area contributed by atoms with E-state index in [1.54, 1.807) is 23.1 Å². The minimum absolute atomic E-state index is 0.0275. The fourth-order valence-corrected chi connectivity index (χ4v) is 3.10. The van der Waals surface area contributed by atoms with Gasteiger partial charge in [-0.3, -0.25) is 9.59 Å². The molecule has 0 spiro atoms. The van der Waals surface area contributed by atoms with Crippen LogP contribution in [0.4, 0.5) is 10.1 Å². The van der Waals surface area contributed by atoms with E-state index in [9.17, 15) is 14.0 Å². The third-order valence-electron chi connectivity index (χ3n) is 4.49. The lowest BCUT2D eigenvalue weighted by molar-refractivity contribution is -0.134. The van der Waals surface area contributed by atoms with Gasteiger partial charge in [0.1, 0.15) is 5.82 Å². The second kappa shape index (κ2) is 7.92. The Morgan fingerprint density at radius 2 is 1.80 bits per heavy atom. The predicted molar refractivity (Wildman–Crippen MR) is 94.5 cm³/mol. The van der Waals surface area contributed by atoms with Crippen LogP contribution in [-0.4, -0.2) is 29.8 Å². The summed E-state index contributed by atoms with van der Waals surface area (Å²) in [5.41, 5.74) is 1.14. The summed E-state index contributed by atoms with van der Waals surface area (Å²) >= 11 is 0. The lowest BCUT2D eigenvalue weighted by atomic mass is 9.96. The maximum absolute atomic E-state index is 13.7. The van der Waals surface area contributed by atoms with E-state index >= 15 is 0 Å². The van der Waals surface area contributed by atoms with Crippen molar-refractivity contribution in [3.8, 4) is 0 Å². The summed E-state index contributed by atoms with van der Waals surface area (Å²) in [6, 6.07) is 15.6. The van der Waals surface area contributed by atoms with Gasteiger partial charge in [0.05, 0.1) is 12.3 Å². The number of carbonyl (C=O) groups excluding carboxylic acids is 2. The monoisotopic (exact) mass is 340 g/mol. The number of amides is 2. The molecule has 2 amide bonds. The van der Waals surface area contributed by atoms with Gasteiger partial charge < -0.3 is 10.2 Å². The first-order chi connectivity index (χ1) is 12.1. The Bertz CT molecular complexity index is 748. The molecule has 4 nitrogen and oxygen atoms in total. The molecule has 1 heterocycles. The summed E-state index contributed by atoms with van der Waals surface area (Å²) in [5.74, 6) is -0.818. The Hall–Kier alpha value is -2.69. The van der Waals surface area contributed by atoms with Gasteiger partial charge in [0.25, 0.3) is 0 Å². The fourth-order valence-electron chi connectivity index (χ4n) is 3.10. The summed E-state index contributed by atoms with van der Waals surface area (Å²) in [7, 11) is 0. The summed E-state index contributed by atoms with van der Waals surface area (Å²) in [6.07, 6.45) is 1.55. The van der Waals surface area contributed by atoms with E-state index < -0.39 is 0 Å². The van der Waals surface area contributed by atoms with Crippen molar-refractivity contribution in [1.29, 1.82) is 0 Å². The first-order valence-electron chi connectivity index (χ1n) is 8.50. The first kappa shape index (κ1) is 17.1. The molecule has 0 aromatic heterocycles. The molecule has 3 rings (SSSR count). The van der Waals surface area contributed by atoms with Crippen molar-refractivity contribution in [3.05, 3.63) is 66.0 Å². The number of hydrogen-bond acceptors (Lipinski definition) is 2. The number of hydrogen-bond donors (Lipinski definition) is 1. The minimum Gasteiger partial charge on any atom is -0.342 e. The molecule has 0 radical (unpaired) electrons. The summed E-state index contributed by atoms with van der Waals surface area (Å²) in [4.78, 5) is 26.6. The second-order valence-corrected chi connectivity index (χ2v) is 6.30. The van der Waals surface area contributed by atoms with Crippen molar-refractivity contribution in [2.75, 3.05) is 18.4 Å². The van der Waals surface area contributed by atoms with Crippen molar-refractivity contribution in [3.63, 3.8) is 0 Å². The Labute approximate surface area is 146 Å². The third-order valence-corrected chi connectivity index (χ3v) is 4.49. The lowest BCUT2D eigenvalue weighted by Crippen LogP contribution is -2.44. The van der Waals surface area contributed by atoms with Gasteiger partial charge in [0.2, 0.25) is 11.8 Å². The van der Waals surface area contributed by atoms with Crippen molar-refractivity contribution in [2.45, 2.75) is 19.3 Å². The number of nitrogens with one attached hydrogen (secondary N) is 1. The van der Waals surface area contributed by atoms with E-state index in [-0.39, 0.29) is 30.0 Å². The molecule has 1 aliphatic heterocycles. The van der Waals surface area contributed by atoms with Gasteiger partial charge in [0.15, 0.2) is 0 Å².